The lowest BCUT2D eigenvalue weighted by Crippen LogP contribution is -2.19. The number of aromatic nitrogens is 3. The van der Waals surface area contributed by atoms with E-state index < -0.39 is 0 Å². The largest absolute Gasteiger partial charge is 0.497 e. The van der Waals surface area contributed by atoms with Crippen molar-refractivity contribution < 1.29 is 9.53 Å². The van der Waals surface area contributed by atoms with Crippen LogP contribution in [0.3, 0.4) is 0 Å². The molecule has 0 aliphatic heterocycles. The summed E-state index contributed by atoms with van der Waals surface area (Å²) in [6, 6.07) is 13.8. The highest BCUT2D eigenvalue weighted by atomic mass is 16.5. The number of hydrogen-bond donors (Lipinski definition) is 1. The number of amides is 1. The van der Waals surface area contributed by atoms with Gasteiger partial charge in [-0.25, -0.2) is 0 Å². The molecule has 1 aromatic carbocycles. The Morgan fingerprint density at radius 2 is 2.21 bits per heavy atom. The predicted molar refractivity (Wildman–Crippen MR) is 107 cm³/mol. The van der Waals surface area contributed by atoms with Gasteiger partial charge in [0.25, 0.3) is 0 Å². The molecule has 2 aromatic heterocycles. The van der Waals surface area contributed by atoms with Crippen molar-refractivity contribution in [3.8, 4) is 5.75 Å². The Kier molecular flexibility index (Phi) is 5.37. The maximum atomic E-state index is 12.6. The Morgan fingerprint density at radius 3 is 3.04 bits per heavy atom. The van der Waals surface area contributed by atoms with Crippen molar-refractivity contribution in [3.63, 3.8) is 0 Å². The van der Waals surface area contributed by atoms with Crippen molar-refractivity contribution >= 4 is 11.7 Å². The number of methoxy groups -OCH3 is 1. The molecule has 1 atom stereocenters. The lowest BCUT2D eigenvalue weighted by molar-refractivity contribution is -0.116. The first-order valence-electron chi connectivity index (χ1n) is 9.61. The molecule has 0 saturated carbocycles. The average Bonchev–Trinajstić information content (AvgIpc) is 3.15. The zero-order chi connectivity index (χ0) is 19.3. The van der Waals surface area contributed by atoms with Gasteiger partial charge in [0.05, 0.1) is 19.3 Å². The van der Waals surface area contributed by atoms with Gasteiger partial charge in [-0.1, -0.05) is 12.1 Å². The van der Waals surface area contributed by atoms with Crippen LogP contribution in [0.25, 0.3) is 0 Å². The van der Waals surface area contributed by atoms with E-state index in [2.05, 4.69) is 27.5 Å². The summed E-state index contributed by atoms with van der Waals surface area (Å²) in [5.41, 5.74) is 3.49. The van der Waals surface area contributed by atoms with Crippen molar-refractivity contribution in [2.75, 3.05) is 12.4 Å². The van der Waals surface area contributed by atoms with E-state index in [-0.39, 0.29) is 11.8 Å². The molecule has 1 aliphatic rings. The minimum absolute atomic E-state index is 0.00301. The summed E-state index contributed by atoms with van der Waals surface area (Å²) < 4.78 is 7.10. The van der Waals surface area contributed by atoms with Crippen LogP contribution in [0, 0.1) is 0 Å². The summed E-state index contributed by atoms with van der Waals surface area (Å²) in [7, 11) is 1.68. The minimum Gasteiger partial charge on any atom is -0.497 e. The maximum Gasteiger partial charge on any atom is 0.226 e. The second kappa shape index (κ2) is 8.25. The monoisotopic (exact) mass is 376 g/mol. The van der Waals surface area contributed by atoms with E-state index in [9.17, 15) is 4.79 Å². The summed E-state index contributed by atoms with van der Waals surface area (Å²) >= 11 is 0. The van der Waals surface area contributed by atoms with Crippen molar-refractivity contribution in [3.05, 3.63) is 71.7 Å². The number of anilines is 1. The van der Waals surface area contributed by atoms with Gasteiger partial charge in [0.1, 0.15) is 5.75 Å². The van der Waals surface area contributed by atoms with Gasteiger partial charge in [-0.15, -0.1) is 0 Å². The number of hydrogen-bond acceptors (Lipinski definition) is 4. The van der Waals surface area contributed by atoms with Crippen LogP contribution in [-0.2, 0) is 17.8 Å². The number of benzene rings is 1. The molecule has 4 rings (SSSR count). The highest BCUT2D eigenvalue weighted by Crippen LogP contribution is 2.35. The Balaban J connectivity index is 1.38. The Bertz CT molecular complexity index is 952. The number of carbonyl (C=O) groups is 1. The van der Waals surface area contributed by atoms with E-state index in [1.807, 2.05) is 36.5 Å². The Morgan fingerprint density at radius 1 is 1.29 bits per heavy atom. The molecule has 28 heavy (non-hydrogen) atoms. The Hall–Kier alpha value is -3.15. The first kappa shape index (κ1) is 18.2. The standard InChI is InChI=1S/C22H24N4O2/c1-28-19-8-9-20-16(13-19)5-4-6-17(20)14-22(27)24-21-10-12-26(25-21)15-18-7-2-3-11-23-18/h2-3,7-13,17H,4-6,14-15H2,1H3,(H,24,25,27). The van der Waals surface area contributed by atoms with Crippen LogP contribution in [0.15, 0.2) is 54.9 Å². The lowest BCUT2D eigenvalue weighted by Gasteiger charge is -2.25. The van der Waals surface area contributed by atoms with Gasteiger partial charge in [0.15, 0.2) is 5.82 Å². The summed E-state index contributed by atoms with van der Waals surface area (Å²) in [4.78, 5) is 16.9. The van der Waals surface area contributed by atoms with Crippen LogP contribution in [0.5, 0.6) is 5.75 Å². The van der Waals surface area contributed by atoms with E-state index in [0.717, 1.165) is 30.7 Å². The molecular formula is C22H24N4O2. The fourth-order valence-electron chi connectivity index (χ4n) is 3.82. The van der Waals surface area contributed by atoms with Crippen LogP contribution in [0.1, 0.15) is 42.0 Å². The smallest absolute Gasteiger partial charge is 0.226 e. The molecule has 3 aromatic rings. The topological polar surface area (TPSA) is 69.0 Å². The van der Waals surface area contributed by atoms with Gasteiger partial charge in [-0.05, 0) is 60.6 Å². The Labute approximate surface area is 164 Å². The van der Waals surface area contributed by atoms with E-state index in [0.29, 0.717) is 18.8 Å². The SMILES string of the molecule is COc1ccc2c(c1)CCCC2CC(=O)Nc1ccn(Cc2ccccn2)n1. The van der Waals surface area contributed by atoms with Gasteiger partial charge >= 0.3 is 0 Å². The van der Waals surface area contributed by atoms with Crippen molar-refractivity contribution in [1.82, 2.24) is 14.8 Å². The molecule has 0 saturated heterocycles. The molecule has 0 bridgehead atoms. The molecule has 0 spiro atoms. The summed E-state index contributed by atoms with van der Waals surface area (Å²) in [6.07, 6.45) is 7.25. The third-order valence-electron chi connectivity index (χ3n) is 5.18. The number of nitrogens with zero attached hydrogens (tertiary/aromatic N) is 3. The van der Waals surface area contributed by atoms with Gasteiger partial charge < -0.3 is 10.1 Å². The van der Waals surface area contributed by atoms with Crippen LogP contribution in [0.2, 0.25) is 0 Å². The second-order valence-corrected chi connectivity index (χ2v) is 7.13. The summed E-state index contributed by atoms with van der Waals surface area (Å²) in [5.74, 6) is 1.69. The fourth-order valence-corrected chi connectivity index (χ4v) is 3.82. The number of pyridine rings is 1. The number of nitrogens with one attached hydrogen (secondary N) is 1. The van der Waals surface area contributed by atoms with Crippen LogP contribution in [0.4, 0.5) is 5.82 Å². The molecular weight excluding hydrogens is 352 g/mol. The second-order valence-electron chi connectivity index (χ2n) is 7.13. The van der Waals surface area contributed by atoms with Gasteiger partial charge in [-0.2, -0.15) is 5.10 Å². The molecule has 144 valence electrons. The van der Waals surface area contributed by atoms with E-state index in [4.69, 9.17) is 4.74 Å². The molecule has 1 amide bonds. The number of ether oxygens (including phenoxy) is 1. The number of aryl methyl sites for hydroxylation is 1. The van der Waals surface area contributed by atoms with Crippen LogP contribution in [-0.4, -0.2) is 27.8 Å². The quantitative estimate of drug-likeness (QED) is 0.711. The number of fused-ring (bicyclic) bond motifs is 1. The van der Waals surface area contributed by atoms with Gasteiger partial charge in [0.2, 0.25) is 5.91 Å². The summed E-state index contributed by atoms with van der Waals surface area (Å²) in [6.45, 7) is 0.578. The summed E-state index contributed by atoms with van der Waals surface area (Å²) in [5, 5.41) is 7.37. The lowest BCUT2D eigenvalue weighted by atomic mass is 9.81. The highest BCUT2D eigenvalue weighted by Gasteiger charge is 2.23. The van der Waals surface area contributed by atoms with E-state index in [1.165, 1.54) is 11.1 Å². The first-order chi connectivity index (χ1) is 13.7. The molecule has 6 heteroatoms. The molecule has 2 heterocycles. The zero-order valence-electron chi connectivity index (χ0n) is 16.0. The third kappa shape index (κ3) is 4.22. The number of carbonyl (C=O) groups excluding carboxylic acids is 1. The van der Waals surface area contributed by atoms with E-state index >= 15 is 0 Å². The van der Waals surface area contributed by atoms with Crippen LogP contribution < -0.4 is 10.1 Å². The normalized spacial score (nSPS) is 15.7. The van der Waals surface area contributed by atoms with Gasteiger partial charge in [0, 0.05) is 24.9 Å². The predicted octanol–water partition coefficient (Wildman–Crippen LogP) is 3.78. The van der Waals surface area contributed by atoms with Crippen LogP contribution >= 0.6 is 0 Å². The average molecular weight is 376 g/mol. The molecule has 1 unspecified atom stereocenters. The first-order valence-corrected chi connectivity index (χ1v) is 9.61. The minimum atomic E-state index is -0.00301. The number of rotatable bonds is 6. The van der Waals surface area contributed by atoms with Gasteiger partial charge in [-0.3, -0.25) is 14.5 Å². The van der Waals surface area contributed by atoms with Crippen molar-refractivity contribution in [2.24, 2.45) is 0 Å². The third-order valence-corrected chi connectivity index (χ3v) is 5.18. The molecule has 1 N–H and O–H groups in total. The van der Waals surface area contributed by atoms with Crippen molar-refractivity contribution in [1.29, 1.82) is 0 Å². The van der Waals surface area contributed by atoms with Crippen molar-refractivity contribution in [2.45, 2.75) is 38.1 Å². The zero-order valence-corrected chi connectivity index (χ0v) is 16.0. The molecule has 1 aliphatic carbocycles. The molecule has 0 fully saturated rings. The molecule has 0 radical (unpaired) electrons. The van der Waals surface area contributed by atoms with E-state index in [1.54, 1.807) is 18.0 Å². The highest BCUT2D eigenvalue weighted by molar-refractivity contribution is 5.90. The fraction of sp³-hybridized carbons (Fsp3) is 0.318. The maximum absolute atomic E-state index is 12.6. The molecule has 6 nitrogen and oxygen atoms in total.